The number of esters is 1. The Kier molecular flexibility index (Phi) is 4.77. The van der Waals surface area contributed by atoms with Crippen LogP contribution in [0.1, 0.15) is 32.3 Å². The fourth-order valence-corrected chi connectivity index (χ4v) is 2.24. The maximum Gasteiger partial charge on any atom is 0.387 e. The summed E-state index contributed by atoms with van der Waals surface area (Å²) >= 11 is 0. The molecular weight excluding hydrogens is 280 g/mol. The van der Waals surface area contributed by atoms with Gasteiger partial charge in [-0.25, -0.2) is 4.79 Å². The van der Waals surface area contributed by atoms with E-state index in [1.165, 1.54) is 6.07 Å². The summed E-state index contributed by atoms with van der Waals surface area (Å²) in [5.74, 6) is -0.515. The van der Waals surface area contributed by atoms with Gasteiger partial charge in [0, 0.05) is 11.6 Å². The molecule has 0 bridgehead atoms. The molecule has 1 unspecified atom stereocenters. The summed E-state index contributed by atoms with van der Waals surface area (Å²) in [7, 11) is 0. The number of hydrogen-bond donors (Lipinski definition) is 1. The number of para-hydroxylation sites is 1. The van der Waals surface area contributed by atoms with E-state index in [1.807, 2.05) is 0 Å². The lowest BCUT2D eigenvalue weighted by atomic mass is 9.90. The fraction of sp³-hybridized carbons (Fsp3) is 0.533. The van der Waals surface area contributed by atoms with Crippen molar-refractivity contribution in [2.24, 2.45) is 0 Å². The van der Waals surface area contributed by atoms with Gasteiger partial charge in [-0.2, -0.15) is 8.78 Å². The Morgan fingerprint density at radius 1 is 1.43 bits per heavy atom. The van der Waals surface area contributed by atoms with Crippen LogP contribution in [0.3, 0.4) is 0 Å². The van der Waals surface area contributed by atoms with E-state index in [0.717, 1.165) is 12.8 Å². The molecule has 0 aromatic heterocycles. The molecule has 1 aliphatic rings. The molecule has 1 aliphatic carbocycles. The first-order valence-corrected chi connectivity index (χ1v) is 6.96. The van der Waals surface area contributed by atoms with E-state index in [1.54, 1.807) is 32.0 Å². The third-order valence-electron chi connectivity index (χ3n) is 3.40. The molecule has 0 radical (unpaired) electrons. The van der Waals surface area contributed by atoms with Gasteiger partial charge in [-0.1, -0.05) is 18.2 Å². The standard InChI is InChI=1S/C15H19F2NO3/c1-3-20-13(19)15(2,18-10-8-9-10)11-6-4-5-7-12(11)21-14(16)17/h4-7,10,14,18H,3,8-9H2,1-2H3. The summed E-state index contributed by atoms with van der Waals surface area (Å²) in [4.78, 5) is 12.3. The Labute approximate surface area is 122 Å². The van der Waals surface area contributed by atoms with Crippen LogP contribution in [0.4, 0.5) is 8.78 Å². The van der Waals surface area contributed by atoms with Crippen LogP contribution >= 0.6 is 0 Å². The molecule has 116 valence electrons. The van der Waals surface area contributed by atoms with Crippen LogP contribution < -0.4 is 10.1 Å². The fourth-order valence-electron chi connectivity index (χ4n) is 2.24. The maximum atomic E-state index is 12.6. The van der Waals surface area contributed by atoms with Crippen molar-refractivity contribution in [2.45, 2.75) is 44.9 Å². The van der Waals surface area contributed by atoms with Gasteiger partial charge in [-0.3, -0.25) is 5.32 Å². The number of carbonyl (C=O) groups is 1. The summed E-state index contributed by atoms with van der Waals surface area (Å²) in [6, 6.07) is 6.49. The average molecular weight is 299 g/mol. The van der Waals surface area contributed by atoms with Crippen molar-refractivity contribution in [2.75, 3.05) is 6.61 Å². The largest absolute Gasteiger partial charge is 0.464 e. The summed E-state index contributed by atoms with van der Waals surface area (Å²) in [5, 5.41) is 3.18. The van der Waals surface area contributed by atoms with E-state index in [0.29, 0.717) is 5.56 Å². The van der Waals surface area contributed by atoms with Crippen LogP contribution in [0.2, 0.25) is 0 Å². The molecule has 6 heteroatoms. The summed E-state index contributed by atoms with van der Waals surface area (Å²) < 4.78 is 34.8. The van der Waals surface area contributed by atoms with Gasteiger partial charge in [0.05, 0.1) is 6.61 Å². The van der Waals surface area contributed by atoms with E-state index in [9.17, 15) is 13.6 Å². The number of benzene rings is 1. The van der Waals surface area contributed by atoms with Crippen LogP contribution in [-0.2, 0) is 15.1 Å². The van der Waals surface area contributed by atoms with Gasteiger partial charge in [0.1, 0.15) is 11.3 Å². The zero-order valence-electron chi connectivity index (χ0n) is 12.1. The maximum absolute atomic E-state index is 12.6. The van der Waals surface area contributed by atoms with Gasteiger partial charge in [0.25, 0.3) is 0 Å². The number of alkyl halides is 2. The van der Waals surface area contributed by atoms with Crippen LogP contribution in [0, 0.1) is 0 Å². The predicted octanol–water partition coefficient (Wildman–Crippen LogP) is 2.82. The number of rotatable bonds is 7. The number of carbonyl (C=O) groups excluding carboxylic acids is 1. The third kappa shape index (κ3) is 3.69. The topological polar surface area (TPSA) is 47.6 Å². The number of halogens is 2. The van der Waals surface area contributed by atoms with Gasteiger partial charge >= 0.3 is 12.6 Å². The SMILES string of the molecule is CCOC(=O)C(C)(NC1CC1)c1ccccc1OC(F)F. The summed E-state index contributed by atoms with van der Waals surface area (Å²) in [5.41, 5.74) is -0.849. The van der Waals surface area contributed by atoms with E-state index in [-0.39, 0.29) is 18.4 Å². The molecule has 1 atom stereocenters. The molecule has 21 heavy (non-hydrogen) atoms. The quantitative estimate of drug-likeness (QED) is 0.787. The van der Waals surface area contributed by atoms with Gasteiger partial charge in [0.15, 0.2) is 0 Å². The molecule has 0 amide bonds. The highest BCUT2D eigenvalue weighted by Crippen LogP contribution is 2.35. The lowest BCUT2D eigenvalue weighted by molar-refractivity contribution is -0.151. The highest BCUT2D eigenvalue weighted by molar-refractivity contribution is 5.83. The zero-order chi connectivity index (χ0) is 15.5. The normalized spacial score (nSPS) is 17.4. The molecule has 1 N–H and O–H groups in total. The molecule has 1 saturated carbocycles. The van der Waals surface area contributed by atoms with Crippen LogP contribution in [0.15, 0.2) is 24.3 Å². The third-order valence-corrected chi connectivity index (χ3v) is 3.40. The molecule has 0 saturated heterocycles. The van der Waals surface area contributed by atoms with Crippen LogP contribution in [-0.4, -0.2) is 25.2 Å². The minimum absolute atomic E-state index is 0.0174. The first kappa shape index (κ1) is 15.7. The number of nitrogens with one attached hydrogen (secondary N) is 1. The molecule has 0 heterocycles. The first-order chi connectivity index (χ1) is 9.97. The van der Waals surface area contributed by atoms with Crippen LogP contribution in [0.5, 0.6) is 5.75 Å². The smallest absolute Gasteiger partial charge is 0.387 e. The zero-order valence-corrected chi connectivity index (χ0v) is 12.1. The van der Waals surface area contributed by atoms with Crippen molar-refractivity contribution in [1.29, 1.82) is 0 Å². The van der Waals surface area contributed by atoms with Crippen molar-refractivity contribution in [3.05, 3.63) is 29.8 Å². The summed E-state index contributed by atoms with van der Waals surface area (Å²) in [6.45, 7) is 0.616. The Hall–Kier alpha value is -1.69. The number of hydrogen-bond acceptors (Lipinski definition) is 4. The summed E-state index contributed by atoms with van der Waals surface area (Å²) in [6.07, 6.45) is 1.90. The Bertz CT molecular complexity index is 505. The minimum atomic E-state index is -2.95. The second kappa shape index (κ2) is 6.39. The lowest BCUT2D eigenvalue weighted by Crippen LogP contribution is -2.49. The molecule has 0 spiro atoms. The molecule has 2 rings (SSSR count). The van der Waals surface area contributed by atoms with Crippen molar-refractivity contribution in [3.8, 4) is 5.75 Å². The predicted molar refractivity (Wildman–Crippen MR) is 73.2 cm³/mol. The van der Waals surface area contributed by atoms with E-state index < -0.39 is 18.1 Å². The van der Waals surface area contributed by atoms with Crippen LogP contribution in [0.25, 0.3) is 0 Å². The monoisotopic (exact) mass is 299 g/mol. The number of ether oxygens (including phenoxy) is 2. The van der Waals surface area contributed by atoms with Gasteiger partial charge < -0.3 is 9.47 Å². The van der Waals surface area contributed by atoms with E-state index in [4.69, 9.17) is 4.74 Å². The van der Waals surface area contributed by atoms with E-state index >= 15 is 0 Å². The Morgan fingerprint density at radius 2 is 2.10 bits per heavy atom. The van der Waals surface area contributed by atoms with Gasteiger partial charge in [-0.15, -0.1) is 0 Å². The average Bonchev–Trinajstić information content (AvgIpc) is 3.22. The first-order valence-electron chi connectivity index (χ1n) is 6.96. The van der Waals surface area contributed by atoms with Crippen molar-refractivity contribution >= 4 is 5.97 Å². The van der Waals surface area contributed by atoms with Gasteiger partial charge in [0.2, 0.25) is 0 Å². The highest BCUT2D eigenvalue weighted by Gasteiger charge is 2.43. The second-order valence-electron chi connectivity index (χ2n) is 5.14. The second-order valence-corrected chi connectivity index (χ2v) is 5.14. The lowest BCUT2D eigenvalue weighted by Gasteiger charge is -2.30. The molecule has 1 aromatic carbocycles. The van der Waals surface area contributed by atoms with Gasteiger partial charge in [-0.05, 0) is 32.8 Å². The molecular formula is C15H19F2NO3. The molecule has 4 nitrogen and oxygen atoms in total. The molecule has 0 aliphatic heterocycles. The molecule has 1 aromatic rings. The van der Waals surface area contributed by atoms with E-state index in [2.05, 4.69) is 10.1 Å². The van der Waals surface area contributed by atoms with Crippen molar-refractivity contribution in [1.82, 2.24) is 5.32 Å². The Morgan fingerprint density at radius 3 is 2.67 bits per heavy atom. The highest BCUT2D eigenvalue weighted by atomic mass is 19.3. The van der Waals surface area contributed by atoms with Crippen molar-refractivity contribution in [3.63, 3.8) is 0 Å². The molecule has 1 fully saturated rings. The minimum Gasteiger partial charge on any atom is -0.464 e. The Balaban J connectivity index is 2.37. The van der Waals surface area contributed by atoms with Crippen molar-refractivity contribution < 1.29 is 23.0 Å².